The SMILES string of the molecule is COc1cccc2cc(CNCC(C)c3nccs3)oc12. The van der Waals surface area contributed by atoms with E-state index in [1.165, 1.54) is 0 Å². The summed E-state index contributed by atoms with van der Waals surface area (Å²) in [5.41, 5.74) is 0.810. The molecule has 4 nitrogen and oxygen atoms in total. The number of ether oxygens (including phenoxy) is 1. The molecule has 0 amide bonds. The molecule has 5 heteroatoms. The molecule has 3 aromatic rings. The third-order valence-corrected chi connectivity index (χ3v) is 4.41. The highest BCUT2D eigenvalue weighted by molar-refractivity contribution is 7.09. The summed E-state index contributed by atoms with van der Waals surface area (Å²) in [6, 6.07) is 7.97. The summed E-state index contributed by atoms with van der Waals surface area (Å²) < 4.78 is 11.2. The second-order valence-corrected chi connectivity index (χ2v) is 5.92. The fourth-order valence-corrected chi connectivity index (χ4v) is 3.01. The molecule has 0 saturated carbocycles. The van der Waals surface area contributed by atoms with Crippen molar-refractivity contribution in [1.82, 2.24) is 10.3 Å². The van der Waals surface area contributed by atoms with Crippen LogP contribution in [0.4, 0.5) is 0 Å². The Bertz CT molecular complexity index is 706. The van der Waals surface area contributed by atoms with E-state index in [0.717, 1.165) is 34.0 Å². The average molecular weight is 302 g/mol. The molecule has 0 saturated heterocycles. The molecule has 1 unspecified atom stereocenters. The van der Waals surface area contributed by atoms with Crippen LogP contribution in [0.1, 0.15) is 23.6 Å². The van der Waals surface area contributed by atoms with Crippen molar-refractivity contribution in [2.45, 2.75) is 19.4 Å². The van der Waals surface area contributed by atoms with Crippen LogP contribution in [0, 0.1) is 0 Å². The molecule has 0 fully saturated rings. The molecule has 110 valence electrons. The lowest BCUT2D eigenvalue weighted by Crippen LogP contribution is -2.19. The van der Waals surface area contributed by atoms with Crippen LogP contribution in [-0.2, 0) is 6.54 Å². The maximum atomic E-state index is 5.86. The lowest BCUT2D eigenvalue weighted by molar-refractivity contribution is 0.406. The van der Waals surface area contributed by atoms with Gasteiger partial charge in [-0.05, 0) is 12.1 Å². The molecular formula is C16H18N2O2S. The first-order chi connectivity index (χ1) is 10.3. The first kappa shape index (κ1) is 14.1. The molecular weight excluding hydrogens is 284 g/mol. The third kappa shape index (κ3) is 3.09. The largest absolute Gasteiger partial charge is 0.493 e. The molecule has 0 spiro atoms. The Morgan fingerprint density at radius 3 is 3.10 bits per heavy atom. The van der Waals surface area contributed by atoms with Gasteiger partial charge >= 0.3 is 0 Å². The zero-order valence-corrected chi connectivity index (χ0v) is 12.9. The fraction of sp³-hybridized carbons (Fsp3) is 0.312. The Balaban J connectivity index is 1.63. The van der Waals surface area contributed by atoms with Crippen LogP contribution in [0.15, 0.2) is 40.3 Å². The molecule has 0 aliphatic heterocycles. The minimum atomic E-state index is 0.406. The Morgan fingerprint density at radius 2 is 2.33 bits per heavy atom. The van der Waals surface area contributed by atoms with Gasteiger partial charge in [0, 0.05) is 29.4 Å². The first-order valence-electron chi connectivity index (χ1n) is 6.93. The molecule has 1 aromatic carbocycles. The van der Waals surface area contributed by atoms with E-state index >= 15 is 0 Å². The quantitative estimate of drug-likeness (QED) is 0.752. The van der Waals surface area contributed by atoms with Crippen molar-refractivity contribution in [2.75, 3.05) is 13.7 Å². The maximum Gasteiger partial charge on any atom is 0.176 e. The topological polar surface area (TPSA) is 47.3 Å². The summed E-state index contributed by atoms with van der Waals surface area (Å²) >= 11 is 1.69. The van der Waals surface area contributed by atoms with Crippen LogP contribution in [0.25, 0.3) is 11.0 Å². The number of furan rings is 1. The monoisotopic (exact) mass is 302 g/mol. The number of methoxy groups -OCH3 is 1. The zero-order valence-electron chi connectivity index (χ0n) is 12.1. The van der Waals surface area contributed by atoms with Gasteiger partial charge in [0.1, 0.15) is 5.76 Å². The lowest BCUT2D eigenvalue weighted by Gasteiger charge is -2.08. The van der Waals surface area contributed by atoms with E-state index in [4.69, 9.17) is 9.15 Å². The lowest BCUT2D eigenvalue weighted by atomic mass is 10.2. The minimum absolute atomic E-state index is 0.406. The molecule has 1 N–H and O–H groups in total. The van der Waals surface area contributed by atoms with Crippen LogP contribution in [-0.4, -0.2) is 18.6 Å². The summed E-state index contributed by atoms with van der Waals surface area (Å²) in [6.07, 6.45) is 1.85. The predicted molar refractivity (Wildman–Crippen MR) is 85.0 cm³/mol. The standard InChI is InChI=1S/C16H18N2O2S/c1-11(16-18-6-7-21-16)9-17-10-13-8-12-4-3-5-14(19-2)15(12)20-13/h3-8,11,17H,9-10H2,1-2H3. The number of para-hydroxylation sites is 1. The molecule has 2 heterocycles. The molecule has 21 heavy (non-hydrogen) atoms. The molecule has 3 rings (SSSR count). The summed E-state index contributed by atoms with van der Waals surface area (Å²) in [7, 11) is 1.66. The number of aromatic nitrogens is 1. The van der Waals surface area contributed by atoms with Gasteiger partial charge in [-0.25, -0.2) is 4.98 Å². The van der Waals surface area contributed by atoms with Gasteiger partial charge < -0.3 is 14.5 Å². The van der Waals surface area contributed by atoms with Crippen LogP contribution >= 0.6 is 11.3 Å². The molecule has 0 aliphatic carbocycles. The smallest absolute Gasteiger partial charge is 0.176 e. The molecule has 0 aliphatic rings. The predicted octanol–water partition coefficient (Wildman–Crippen LogP) is 3.79. The van der Waals surface area contributed by atoms with Crippen molar-refractivity contribution in [3.63, 3.8) is 0 Å². The number of benzene rings is 1. The molecule has 1 atom stereocenters. The summed E-state index contributed by atoms with van der Waals surface area (Å²) in [5.74, 6) is 2.10. The van der Waals surface area contributed by atoms with Crippen LogP contribution in [0.2, 0.25) is 0 Å². The highest BCUT2D eigenvalue weighted by Crippen LogP contribution is 2.28. The van der Waals surface area contributed by atoms with Crippen molar-refractivity contribution >= 4 is 22.3 Å². The van der Waals surface area contributed by atoms with Gasteiger partial charge in [0.05, 0.1) is 18.7 Å². The summed E-state index contributed by atoms with van der Waals surface area (Å²) in [5, 5.41) is 7.66. The number of hydrogen-bond acceptors (Lipinski definition) is 5. The van der Waals surface area contributed by atoms with Crippen LogP contribution in [0.5, 0.6) is 5.75 Å². The highest BCUT2D eigenvalue weighted by Gasteiger charge is 2.10. The Hall–Kier alpha value is -1.85. The Labute approximate surface area is 127 Å². The van der Waals surface area contributed by atoms with E-state index in [-0.39, 0.29) is 0 Å². The van der Waals surface area contributed by atoms with Crippen molar-refractivity contribution in [1.29, 1.82) is 0 Å². The molecule has 0 bridgehead atoms. The molecule has 2 aromatic heterocycles. The first-order valence-corrected chi connectivity index (χ1v) is 7.81. The van der Waals surface area contributed by atoms with E-state index < -0.39 is 0 Å². The zero-order chi connectivity index (χ0) is 14.7. The summed E-state index contributed by atoms with van der Waals surface area (Å²) in [6.45, 7) is 3.75. The van der Waals surface area contributed by atoms with Crippen molar-refractivity contribution < 1.29 is 9.15 Å². The minimum Gasteiger partial charge on any atom is -0.493 e. The van der Waals surface area contributed by atoms with Crippen molar-refractivity contribution in [2.24, 2.45) is 0 Å². The van der Waals surface area contributed by atoms with Gasteiger partial charge in [-0.15, -0.1) is 11.3 Å². The van der Waals surface area contributed by atoms with Gasteiger partial charge in [-0.3, -0.25) is 0 Å². The second-order valence-electron chi connectivity index (χ2n) is 4.99. The van der Waals surface area contributed by atoms with Crippen molar-refractivity contribution in [3.05, 3.63) is 46.6 Å². The van der Waals surface area contributed by atoms with E-state index in [0.29, 0.717) is 12.5 Å². The number of hydrogen-bond donors (Lipinski definition) is 1. The van der Waals surface area contributed by atoms with Gasteiger partial charge in [-0.1, -0.05) is 19.1 Å². The van der Waals surface area contributed by atoms with Gasteiger partial charge in [0.2, 0.25) is 0 Å². The molecule has 0 radical (unpaired) electrons. The fourth-order valence-electron chi connectivity index (χ4n) is 2.31. The van der Waals surface area contributed by atoms with Gasteiger partial charge in [0.25, 0.3) is 0 Å². The number of nitrogens with one attached hydrogen (secondary N) is 1. The third-order valence-electron chi connectivity index (χ3n) is 3.40. The number of rotatable bonds is 6. The number of nitrogens with zero attached hydrogens (tertiary/aromatic N) is 1. The number of thiazole rings is 1. The van der Waals surface area contributed by atoms with Crippen molar-refractivity contribution in [3.8, 4) is 5.75 Å². The Morgan fingerprint density at radius 1 is 1.43 bits per heavy atom. The van der Waals surface area contributed by atoms with Crippen LogP contribution in [0.3, 0.4) is 0 Å². The number of fused-ring (bicyclic) bond motifs is 1. The van der Waals surface area contributed by atoms with Crippen LogP contribution < -0.4 is 10.1 Å². The normalized spacial score (nSPS) is 12.7. The van der Waals surface area contributed by atoms with Gasteiger partial charge in [0.15, 0.2) is 11.3 Å². The van der Waals surface area contributed by atoms with E-state index in [2.05, 4.69) is 23.3 Å². The highest BCUT2D eigenvalue weighted by atomic mass is 32.1. The van der Waals surface area contributed by atoms with Gasteiger partial charge in [-0.2, -0.15) is 0 Å². The average Bonchev–Trinajstić information content (AvgIpc) is 3.15. The summed E-state index contributed by atoms with van der Waals surface area (Å²) in [4.78, 5) is 4.34. The Kier molecular flexibility index (Phi) is 4.22. The maximum absolute atomic E-state index is 5.86. The van der Waals surface area contributed by atoms with E-state index in [1.807, 2.05) is 29.8 Å². The second kappa shape index (κ2) is 6.28. The van der Waals surface area contributed by atoms with E-state index in [9.17, 15) is 0 Å². The van der Waals surface area contributed by atoms with E-state index in [1.54, 1.807) is 18.4 Å².